The van der Waals surface area contributed by atoms with Gasteiger partial charge in [0.15, 0.2) is 0 Å². The Hall–Kier alpha value is -1.91. The Balaban J connectivity index is 2.73. The SMILES string of the molecule is C=C1C=C(CC)c2c([nH]c(=O)n(CCF)c2=O)C1. The van der Waals surface area contributed by atoms with Crippen molar-refractivity contribution in [3.63, 3.8) is 0 Å². The van der Waals surface area contributed by atoms with E-state index < -0.39 is 17.9 Å². The largest absolute Gasteiger partial charge is 0.328 e. The molecule has 0 spiro atoms. The number of aromatic amines is 1. The second-order valence-corrected chi connectivity index (χ2v) is 4.29. The van der Waals surface area contributed by atoms with E-state index in [9.17, 15) is 14.0 Å². The van der Waals surface area contributed by atoms with Gasteiger partial charge in [-0.25, -0.2) is 9.18 Å². The maximum atomic E-state index is 12.4. The van der Waals surface area contributed by atoms with Crippen LogP contribution >= 0.6 is 0 Å². The molecule has 0 radical (unpaired) electrons. The van der Waals surface area contributed by atoms with Gasteiger partial charge in [0.25, 0.3) is 5.56 Å². The summed E-state index contributed by atoms with van der Waals surface area (Å²) in [6.07, 6.45) is 2.99. The highest BCUT2D eigenvalue weighted by atomic mass is 19.1. The van der Waals surface area contributed by atoms with Crippen molar-refractivity contribution in [1.29, 1.82) is 0 Å². The average molecular weight is 250 g/mol. The number of alkyl halides is 1. The van der Waals surface area contributed by atoms with Crippen LogP contribution in [0.1, 0.15) is 24.6 Å². The molecule has 1 aliphatic carbocycles. The van der Waals surface area contributed by atoms with Crippen molar-refractivity contribution in [2.45, 2.75) is 26.3 Å². The van der Waals surface area contributed by atoms with E-state index in [1.807, 2.05) is 13.0 Å². The Bertz CT molecular complexity index is 637. The Morgan fingerprint density at radius 3 is 2.83 bits per heavy atom. The van der Waals surface area contributed by atoms with Gasteiger partial charge in [-0.15, -0.1) is 0 Å². The van der Waals surface area contributed by atoms with E-state index in [-0.39, 0.29) is 6.54 Å². The number of fused-ring (bicyclic) bond motifs is 1. The number of nitrogens with zero attached hydrogens (tertiary/aromatic N) is 1. The van der Waals surface area contributed by atoms with Crippen LogP contribution in [0.2, 0.25) is 0 Å². The van der Waals surface area contributed by atoms with E-state index in [0.717, 1.165) is 15.7 Å². The maximum absolute atomic E-state index is 12.4. The second kappa shape index (κ2) is 4.76. The molecule has 96 valence electrons. The third kappa shape index (κ3) is 1.96. The molecule has 1 heterocycles. The Labute approximate surface area is 103 Å². The van der Waals surface area contributed by atoms with Crippen LogP contribution < -0.4 is 11.2 Å². The summed E-state index contributed by atoms with van der Waals surface area (Å²) < 4.78 is 13.3. The van der Waals surface area contributed by atoms with Crippen LogP contribution in [-0.4, -0.2) is 16.2 Å². The molecule has 0 unspecified atom stereocenters. The molecular formula is C13H15FN2O2. The van der Waals surface area contributed by atoms with E-state index in [1.54, 1.807) is 0 Å². The molecular weight excluding hydrogens is 235 g/mol. The number of allylic oxidation sites excluding steroid dienone is 3. The van der Waals surface area contributed by atoms with Crippen molar-refractivity contribution < 1.29 is 4.39 Å². The van der Waals surface area contributed by atoms with Crippen molar-refractivity contribution in [3.8, 4) is 0 Å². The number of nitrogens with one attached hydrogen (secondary N) is 1. The smallest absolute Gasteiger partial charge is 0.310 e. The Kier molecular flexibility index (Phi) is 3.32. The molecule has 0 bridgehead atoms. The molecule has 0 amide bonds. The van der Waals surface area contributed by atoms with Gasteiger partial charge in [-0.2, -0.15) is 0 Å². The number of aromatic nitrogens is 2. The molecule has 5 heteroatoms. The molecule has 1 aromatic rings. The predicted octanol–water partition coefficient (Wildman–Crippen LogP) is 1.41. The van der Waals surface area contributed by atoms with E-state index in [4.69, 9.17) is 0 Å². The number of halogens is 1. The van der Waals surface area contributed by atoms with E-state index in [0.29, 0.717) is 24.1 Å². The zero-order valence-electron chi connectivity index (χ0n) is 10.3. The van der Waals surface area contributed by atoms with Gasteiger partial charge in [0.1, 0.15) is 6.67 Å². The zero-order valence-corrected chi connectivity index (χ0v) is 10.3. The Morgan fingerprint density at radius 2 is 2.22 bits per heavy atom. The minimum atomic E-state index is -0.736. The van der Waals surface area contributed by atoms with E-state index >= 15 is 0 Å². The lowest BCUT2D eigenvalue weighted by Crippen LogP contribution is -2.39. The van der Waals surface area contributed by atoms with Gasteiger partial charge in [0, 0.05) is 12.1 Å². The second-order valence-electron chi connectivity index (χ2n) is 4.29. The number of hydrogen-bond donors (Lipinski definition) is 1. The first-order valence-electron chi connectivity index (χ1n) is 5.89. The standard InChI is InChI=1S/C13H15FN2O2/c1-3-9-6-8(2)7-10-11(9)12(17)16(5-4-14)13(18)15-10/h6H,2-5,7H2,1H3,(H,15,18). The molecule has 0 aromatic carbocycles. The highest BCUT2D eigenvalue weighted by Gasteiger charge is 2.20. The van der Waals surface area contributed by atoms with Crippen LogP contribution in [0.15, 0.2) is 27.8 Å². The van der Waals surface area contributed by atoms with Crippen LogP contribution in [0.4, 0.5) is 4.39 Å². The van der Waals surface area contributed by atoms with Crippen LogP contribution in [-0.2, 0) is 13.0 Å². The van der Waals surface area contributed by atoms with Gasteiger partial charge < -0.3 is 4.98 Å². The summed E-state index contributed by atoms with van der Waals surface area (Å²) in [7, 11) is 0. The zero-order chi connectivity index (χ0) is 13.3. The molecule has 18 heavy (non-hydrogen) atoms. The molecule has 1 aliphatic rings. The molecule has 0 aliphatic heterocycles. The van der Waals surface area contributed by atoms with Gasteiger partial charge in [-0.05, 0) is 17.6 Å². The monoisotopic (exact) mass is 250 g/mol. The molecule has 0 saturated carbocycles. The molecule has 4 nitrogen and oxygen atoms in total. The summed E-state index contributed by atoms with van der Waals surface area (Å²) in [6.45, 7) is 4.85. The van der Waals surface area contributed by atoms with Crippen molar-refractivity contribution in [3.05, 3.63) is 50.3 Å². The van der Waals surface area contributed by atoms with Gasteiger partial charge >= 0.3 is 5.69 Å². The fraction of sp³-hybridized carbons (Fsp3) is 0.385. The lowest BCUT2D eigenvalue weighted by molar-refractivity contribution is 0.431. The Morgan fingerprint density at radius 1 is 1.50 bits per heavy atom. The van der Waals surface area contributed by atoms with Gasteiger partial charge in [-0.1, -0.05) is 19.6 Å². The molecule has 0 saturated heterocycles. The molecule has 1 aromatic heterocycles. The maximum Gasteiger partial charge on any atom is 0.328 e. The number of hydrogen-bond acceptors (Lipinski definition) is 2. The number of rotatable bonds is 3. The molecule has 1 N–H and O–H groups in total. The van der Waals surface area contributed by atoms with Gasteiger partial charge in [-0.3, -0.25) is 9.36 Å². The van der Waals surface area contributed by atoms with Gasteiger partial charge in [0.2, 0.25) is 0 Å². The van der Waals surface area contributed by atoms with Crippen LogP contribution in [0, 0.1) is 0 Å². The summed E-state index contributed by atoms with van der Waals surface area (Å²) in [4.78, 5) is 26.6. The topological polar surface area (TPSA) is 54.9 Å². The first-order chi connectivity index (χ1) is 8.58. The van der Waals surface area contributed by atoms with E-state index in [1.165, 1.54) is 0 Å². The van der Waals surface area contributed by atoms with Gasteiger partial charge in [0.05, 0.1) is 12.1 Å². The minimum Gasteiger partial charge on any atom is -0.310 e. The summed E-state index contributed by atoms with van der Waals surface area (Å²) in [5.41, 5.74) is 1.82. The van der Waals surface area contributed by atoms with Crippen LogP contribution in [0.3, 0.4) is 0 Å². The highest BCUT2D eigenvalue weighted by molar-refractivity contribution is 5.72. The van der Waals surface area contributed by atoms with Crippen molar-refractivity contribution in [1.82, 2.24) is 9.55 Å². The summed E-state index contributed by atoms with van der Waals surface area (Å²) in [5, 5.41) is 0. The third-order valence-corrected chi connectivity index (χ3v) is 3.06. The summed E-state index contributed by atoms with van der Waals surface area (Å²) >= 11 is 0. The molecule has 2 rings (SSSR count). The quantitative estimate of drug-likeness (QED) is 0.881. The summed E-state index contributed by atoms with van der Waals surface area (Å²) in [6, 6.07) is 0. The first kappa shape index (κ1) is 12.5. The lowest BCUT2D eigenvalue weighted by atomic mass is 9.91. The van der Waals surface area contributed by atoms with Crippen molar-refractivity contribution >= 4 is 5.57 Å². The number of H-pyrrole nitrogens is 1. The predicted molar refractivity (Wildman–Crippen MR) is 68.4 cm³/mol. The lowest BCUT2D eigenvalue weighted by Gasteiger charge is -2.18. The molecule has 0 fully saturated rings. The normalized spacial score (nSPS) is 14.3. The fourth-order valence-corrected chi connectivity index (χ4v) is 2.24. The van der Waals surface area contributed by atoms with Crippen LogP contribution in [0.5, 0.6) is 0 Å². The third-order valence-electron chi connectivity index (χ3n) is 3.06. The fourth-order valence-electron chi connectivity index (χ4n) is 2.24. The van der Waals surface area contributed by atoms with E-state index in [2.05, 4.69) is 11.6 Å². The minimum absolute atomic E-state index is 0.209. The van der Waals surface area contributed by atoms with Crippen molar-refractivity contribution in [2.75, 3.05) is 6.67 Å². The highest BCUT2D eigenvalue weighted by Crippen LogP contribution is 2.25. The van der Waals surface area contributed by atoms with Crippen molar-refractivity contribution in [2.24, 2.45) is 0 Å². The average Bonchev–Trinajstić information content (AvgIpc) is 2.32. The summed E-state index contributed by atoms with van der Waals surface area (Å²) in [5.74, 6) is 0. The van der Waals surface area contributed by atoms with Crippen LogP contribution in [0.25, 0.3) is 5.57 Å². The molecule has 0 atom stereocenters. The first-order valence-corrected chi connectivity index (χ1v) is 5.89.